The van der Waals surface area contributed by atoms with E-state index in [0.29, 0.717) is 11.1 Å². The Labute approximate surface area is 127 Å². The average Bonchev–Trinajstić information content (AvgIpc) is 2.33. The van der Waals surface area contributed by atoms with Crippen LogP contribution in [0.25, 0.3) is 0 Å². The molecule has 0 heterocycles. The number of sulfonamides is 1. The van der Waals surface area contributed by atoms with Crippen molar-refractivity contribution in [3.05, 3.63) is 23.3 Å². The molecule has 0 spiro atoms. The van der Waals surface area contributed by atoms with Crippen molar-refractivity contribution < 1.29 is 16.8 Å². The van der Waals surface area contributed by atoms with Gasteiger partial charge in [-0.1, -0.05) is 0 Å². The third kappa shape index (κ3) is 4.42. The number of aryl methyl sites for hydroxylation is 2. The highest BCUT2D eigenvalue weighted by Gasteiger charge is 2.25. The maximum Gasteiger partial charge on any atom is 0.243 e. The lowest BCUT2D eigenvalue weighted by Gasteiger charge is -2.20. The van der Waals surface area contributed by atoms with Crippen LogP contribution in [-0.4, -0.2) is 53.8 Å². The Bertz CT molecular complexity index is 702. The Kier molecular flexibility index (Phi) is 5.40. The molecule has 1 aromatic carbocycles. The molecule has 0 saturated carbocycles. The number of nitrogens with one attached hydrogen (secondary N) is 1. The van der Waals surface area contributed by atoms with Crippen LogP contribution in [0.2, 0.25) is 0 Å². The Morgan fingerprint density at radius 2 is 1.57 bits per heavy atom. The molecule has 1 N–H and O–H groups in total. The fourth-order valence-corrected chi connectivity index (χ4v) is 4.37. The topological polar surface area (TPSA) is 83.6 Å². The zero-order valence-electron chi connectivity index (χ0n) is 13.0. The lowest BCUT2D eigenvalue weighted by molar-refractivity contribution is 0.484. The summed E-state index contributed by atoms with van der Waals surface area (Å²) < 4.78 is 48.7. The van der Waals surface area contributed by atoms with Crippen LogP contribution >= 0.6 is 0 Å². The number of benzene rings is 1. The second-order valence-electron chi connectivity index (χ2n) is 5.15. The molecule has 1 aromatic rings. The van der Waals surface area contributed by atoms with Gasteiger partial charge in [-0.25, -0.2) is 16.8 Å². The van der Waals surface area contributed by atoms with Gasteiger partial charge in [0.15, 0.2) is 0 Å². The van der Waals surface area contributed by atoms with Gasteiger partial charge < -0.3 is 5.32 Å². The summed E-state index contributed by atoms with van der Waals surface area (Å²) >= 11 is 0. The molecule has 0 aliphatic carbocycles. The molecular formula is C13H22N2O4S2. The number of hydrogen-bond acceptors (Lipinski definition) is 5. The Hall–Kier alpha value is -1.12. The summed E-state index contributed by atoms with van der Waals surface area (Å²) in [6.07, 6.45) is 1.09. The standard InChI is InChI=1S/C13H22N2O4S2/c1-10-8-12(14-3)9-11(2)13(10)21(18,19)15(4)6-7-20(5,16)17/h8-9,14H,6-7H2,1-5H3. The van der Waals surface area contributed by atoms with Gasteiger partial charge in [0.05, 0.1) is 10.6 Å². The van der Waals surface area contributed by atoms with E-state index in [4.69, 9.17) is 0 Å². The van der Waals surface area contributed by atoms with Crippen molar-refractivity contribution in [3.8, 4) is 0 Å². The van der Waals surface area contributed by atoms with E-state index in [1.54, 1.807) is 33.0 Å². The highest BCUT2D eigenvalue weighted by atomic mass is 32.2. The van der Waals surface area contributed by atoms with E-state index >= 15 is 0 Å². The first kappa shape index (κ1) is 17.9. The van der Waals surface area contributed by atoms with E-state index in [9.17, 15) is 16.8 Å². The first-order valence-corrected chi connectivity index (χ1v) is 9.92. The summed E-state index contributed by atoms with van der Waals surface area (Å²) in [5.74, 6) is -0.199. The lowest BCUT2D eigenvalue weighted by atomic mass is 10.1. The molecule has 120 valence electrons. The van der Waals surface area contributed by atoms with Gasteiger partial charge in [-0.05, 0) is 37.1 Å². The number of sulfone groups is 1. The van der Waals surface area contributed by atoms with Crippen molar-refractivity contribution >= 4 is 25.5 Å². The van der Waals surface area contributed by atoms with Crippen molar-refractivity contribution in [1.29, 1.82) is 0 Å². The van der Waals surface area contributed by atoms with Crippen LogP contribution in [0.3, 0.4) is 0 Å². The molecule has 0 fully saturated rings. The van der Waals surface area contributed by atoms with Gasteiger partial charge in [0.25, 0.3) is 0 Å². The second kappa shape index (κ2) is 6.33. The fraction of sp³-hybridized carbons (Fsp3) is 0.538. The minimum Gasteiger partial charge on any atom is -0.388 e. The van der Waals surface area contributed by atoms with E-state index in [1.165, 1.54) is 7.05 Å². The molecule has 1 rings (SSSR count). The van der Waals surface area contributed by atoms with Crippen LogP contribution in [0.5, 0.6) is 0 Å². The quantitative estimate of drug-likeness (QED) is 0.839. The monoisotopic (exact) mass is 334 g/mol. The van der Waals surface area contributed by atoms with Crippen molar-refractivity contribution in [1.82, 2.24) is 4.31 Å². The molecule has 8 heteroatoms. The molecule has 0 bridgehead atoms. The number of hydrogen-bond donors (Lipinski definition) is 1. The van der Waals surface area contributed by atoms with Gasteiger partial charge in [-0.3, -0.25) is 0 Å². The van der Waals surface area contributed by atoms with Gasteiger partial charge in [0.1, 0.15) is 9.84 Å². The van der Waals surface area contributed by atoms with E-state index in [2.05, 4.69) is 5.32 Å². The van der Waals surface area contributed by atoms with E-state index in [1.807, 2.05) is 0 Å². The molecule has 6 nitrogen and oxygen atoms in total. The van der Waals surface area contributed by atoms with Gasteiger partial charge in [0.2, 0.25) is 10.0 Å². The normalized spacial score (nSPS) is 12.7. The molecule has 0 aromatic heterocycles. The van der Waals surface area contributed by atoms with Crippen LogP contribution in [0, 0.1) is 13.8 Å². The zero-order chi connectivity index (χ0) is 16.4. The molecule has 0 radical (unpaired) electrons. The molecule has 0 aliphatic rings. The smallest absolute Gasteiger partial charge is 0.243 e. The maximum atomic E-state index is 12.6. The van der Waals surface area contributed by atoms with Crippen LogP contribution in [0.4, 0.5) is 5.69 Å². The third-order valence-corrected chi connectivity index (χ3v) is 6.28. The molecule has 0 saturated heterocycles. The van der Waals surface area contributed by atoms with E-state index in [-0.39, 0.29) is 17.2 Å². The second-order valence-corrected chi connectivity index (χ2v) is 9.39. The first-order chi connectivity index (χ1) is 9.49. The van der Waals surface area contributed by atoms with Crippen LogP contribution in [0.1, 0.15) is 11.1 Å². The largest absolute Gasteiger partial charge is 0.388 e. The average molecular weight is 334 g/mol. The predicted octanol–water partition coefficient (Wildman–Crippen LogP) is 1.01. The van der Waals surface area contributed by atoms with Gasteiger partial charge in [0, 0.05) is 32.6 Å². The molecule has 0 aliphatic heterocycles. The Morgan fingerprint density at radius 3 is 1.95 bits per heavy atom. The van der Waals surface area contributed by atoms with Crippen LogP contribution in [0.15, 0.2) is 17.0 Å². The summed E-state index contributed by atoms with van der Waals surface area (Å²) in [4.78, 5) is 0.234. The van der Waals surface area contributed by atoms with Crippen molar-refractivity contribution in [2.75, 3.05) is 38.0 Å². The Morgan fingerprint density at radius 1 is 1.10 bits per heavy atom. The molecule has 0 unspecified atom stereocenters. The number of rotatable bonds is 6. The summed E-state index contributed by atoms with van der Waals surface area (Å²) in [5, 5.41) is 2.97. The van der Waals surface area contributed by atoms with Crippen molar-refractivity contribution in [3.63, 3.8) is 0 Å². The first-order valence-electron chi connectivity index (χ1n) is 6.42. The van der Waals surface area contributed by atoms with Crippen molar-refractivity contribution in [2.45, 2.75) is 18.7 Å². The zero-order valence-corrected chi connectivity index (χ0v) is 14.6. The minimum atomic E-state index is -3.71. The SMILES string of the molecule is CNc1cc(C)c(S(=O)(=O)N(C)CCS(C)(=O)=O)c(C)c1. The van der Waals surface area contributed by atoms with Gasteiger partial charge in [-0.2, -0.15) is 4.31 Å². The molecule has 0 atom stereocenters. The van der Waals surface area contributed by atoms with Gasteiger partial charge >= 0.3 is 0 Å². The van der Waals surface area contributed by atoms with Crippen molar-refractivity contribution in [2.24, 2.45) is 0 Å². The molecule has 0 amide bonds. The summed E-state index contributed by atoms with van der Waals surface area (Å²) in [6, 6.07) is 3.51. The van der Waals surface area contributed by atoms with Crippen LogP contribution in [-0.2, 0) is 19.9 Å². The third-order valence-electron chi connectivity index (χ3n) is 3.19. The molecule has 21 heavy (non-hydrogen) atoms. The molecular weight excluding hydrogens is 312 g/mol. The summed E-state index contributed by atoms with van der Waals surface area (Å²) in [7, 11) is -3.76. The van der Waals surface area contributed by atoms with Gasteiger partial charge in [-0.15, -0.1) is 0 Å². The lowest BCUT2D eigenvalue weighted by Crippen LogP contribution is -2.32. The maximum absolute atomic E-state index is 12.6. The van der Waals surface area contributed by atoms with E-state index < -0.39 is 19.9 Å². The Balaban J connectivity index is 3.19. The highest BCUT2D eigenvalue weighted by Crippen LogP contribution is 2.26. The number of anilines is 1. The minimum absolute atomic E-state index is 0.0617. The highest BCUT2D eigenvalue weighted by molar-refractivity contribution is 7.91. The van der Waals surface area contributed by atoms with E-state index in [0.717, 1.165) is 16.2 Å². The fourth-order valence-electron chi connectivity index (χ4n) is 2.07. The summed E-state index contributed by atoms with van der Waals surface area (Å²) in [6.45, 7) is 3.39. The van der Waals surface area contributed by atoms with Crippen LogP contribution < -0.4 is 5.32 Å². The summed E-state index contributed by atoms with van der Waals surface area (Å²) in [5.41, 5.74) is 2.10. The predicted molar refractivity (Wildman–Crippen MR) is 85.0 cm³/mol. The number of nitrogens with zero attached hydrogens (tertiary/aromatic N) is 1.